The molecule has 0 fully saturated rings. The Bertz CT molecular complexity index is 1000. The summed E-state index contributed by atoms with van der Waals surface area (Å²) in [6.45, 7) is -0.0463. The van der Waals surface area contributed by atoms with Crippen molar-refractivity contribution in [1.29, 1.82) is 0 Å². The molecule has 14 nitrogen and oxygen atoms in total. The summed E-state index contributed by atoms with van der Waals surface area (Å²) >= 11 is 6.45. The van der Waals surface area contributed by atoms with E-state index in [9.17, 15) is 40.5 Å². The van der Waals surface area contributed by atoms with E-state index in [4.69, 9.17) is 9.47 Å². The molecule has 0 aliphatic carbocycles. The van der Waals surface area contributed by atoms with Crippen molar-refractivity contribution in [2.24, 2.45) is 0 Å². The summed E-state index contributed by atoms with van der Waals surface area (Å²) in [5, 5.41) is 48.1. The lowest BCUT2D eigenvalue weighted by Crippen LogP contribution is -2.06. The fraction of sp³-hybridized carbons (Fsp3) is 0.400. The van der Waals surface area contributed by atoms with Crippen molar-refractivity contribution in [2.75, 3.05) is 23.9 Å². The Hall–Kier alpha value is -3.40. The second-order valence-corrected chi connectivity index (χ2v) is 8.79. The molecule has 0 saturated heterocycles. The Kier molecular flexibility index (Phi) is 10.9. The van der Waals surface area contributed by atoms with E-state index in [0.29, 0.717) is 36.3 Å². The number of nitro groups is 4. The van der Waals surface area contributed by atoms with Gasteiger partial charge in [0.1, 0.15) is 0 Å². The number of nitrogens with zero attached hydrogens (tertiary/aromatic N) is 4. The van der Waals surface area contributed by atoms with Gasteiger partial charge in [-0.15, -0.1) is 0 Å². The minimum absolute atomic E-state index is 0.0231. The molecular weight excluding hydrogens is 616 g/mol. The van der Waals surface area contributed by atoms with Gasteiger partial charge >= 0.3 is 22.7 Å². The summed E-state index contributed by atoms with van der Waals surface area (Å²) in [6, 6.07) is 3.69. The molecule has 194 valence electrons. The molecule has 0 amide bonds. The zero-order valence-electron chi connectivity index (χ0n) is 18.6. The van der Waals surface area contributed by atoms with Gasteiger partial charge in [-0.1, -0.05) is 31.9 Å². The molecule has 2 rings (SSSR count). The molecule has 16 heteroatoms. The molecular formula is C20H20Br2N4O10. The minimum Gasteiger partial charge on any atom is -0.482 e. The van der Waals surface area contributed by atoms with E-state index in [2.05, 4.69) is 31.9 Å². The van der Waals surface area contributed by atoms with Gasteiger partial charge in [-0.3, -0.25) is 40.5 Å². The standard InChI is InChI=1S/C20H20Br2N4O10/c21-5-1-3-7-35-19-15(23(27)28)9-13(10-16(19)24(29)30)14-11-17(25(31)32)20(18(12-14)26(33)34)36-8-4-2-6-22/h9-12H,1-8H2. The molecule has 0 aromatic heterocycles. The van der Waals surface area contributed by atoms with Crippen molar-refractivity contribution in [1.82, 2.24) is 0 Å². The van der Waals surface area contributed by atoms with Gasteiger partial charge in [0.25, 0.3) is 11.5 Å². The van der Waals surface area contributed by atoms with E-state index in [1.54, 1.807) is 0 Å². The molecule has 0 heterocycles. The Morgan fingerprint density at radius 3 is 1.06 bits per heavy atom. The number of halogens is 2. The first-order valence-corrected chi connectivity index (χ1v) is 12.7. The minimum atomic E-state index is -0.888. The smallest absolute Gasteiger partial charge is 0.318 e. The zero-order valence-corrected chi connectivity index (χ0v) is 21.8. The summed E-state index contributed by atoms with van der Waals surface area (Å²) in [7, 11) is 0. The van der Waals surface area contributed by atoms with Crippen LogP contribution in [0.25, 0.3) is 11.1 Å². The van der Waals surface area contributed by atoms with Crippen molar-refractivity contribution in [3.05, 3.63) is 64.7 Å². The second-order valence-electron chi connectivity index (χ2n) is 7.20. The molecule has 0 aliphatic heterocycles. The molecule has 2 aromatic carbocycles. The molecule has 0 atom stereocenters. The van der Waals surface area contributed by atoms with Crippen LogP contribution in [0.2, 0.25) is 0 Å². The van der Waals surface area contributed by atoms with Gasteiger partial charge in [0, 0.05) is 34.9 Å². The fourth-order valence-electron chi connectivity index (χ4n) is 3.11. The second kappa shape index (κ2) is 13.6. The molecule has 0 aliphatic rings. The van der Waals surface area contributed by atoms with Crippen molar-refractivity contribution in [3.8, 4) is 22.6 Å². The topological polar surface area (TPSA) is 191 Å². The fourth-order valence-corrected chi connectivity index (χ4v) is 3.90. The number of ether oxygens (including phenoxy) is 2. The lowest BCUT2D eigenvalue weighted by Gasteiger charge is -2.11. The van der Waals surface area contributed by atoms with Crippen molar-refractivity contribution < 1.29 is 29.2 Å². The Morgan fingerprint density at radius 1 is 0.556 bits per heavy atom. The Labute approximate surface area is 220 Å². The van der Waals surface area contributed by atoms with Crippen LogP contribution in [0.5, 0.6) is 11.5 Å². The monoisotopic (exact) mass is 634 g/mol. The van der Waals surface area contributed by atoms with Gasteiger partial charge < -0.3 is 9.47 Å². The summed E-state index contributed by atoms with van der Waals surface area (Å²) < 4.78 is 10.7. The van der Waals surface area contributed by atoms with E-state index >= 15 is 0 Å². The first-order valence-electron chi connectivity index (χ1n) is 10.4. The van der Waals surface area contributed by atoms with Gasteiger partial charge in [0.05, 0.1) is 32.9 Å². The molecule has 0 saturated carbocycles. The quantitative estimate of drug-likeness (QED) is 0.0956. The van der Waals surface area contributed by atoms with Crippen LogP contribution >= 0.6 is 31.9 Å². The van der Waals surface area contributed by atoms with Gasteiger partial charge in [-0.2, -0.15) is 0 Å². The first-order chi connectivity index (χ1) is 17.1. The van der Waals surface area contributed by atoms with Crippen LogP contribution in [0, 0.1) is 40.5 Å². The van der Waals surface area contributed by atoms with Gasteiger partial charge in [-0.25, -0.2) is 0 Å². The average molecular weight is 636 g/mol. The highest BCUT2D eigenvalue weighted by Gasteiger charge is 2.32. The molecule has 0 spiro atoms. The van der Waals surface area contributed by atoms with E-state index in [1.807, 2.05) is 0 Å². The normalized spacial score (nSPS) is 10.6. The highest BCUT2D eigenvalue weighted by molar-refractivity contribution is 9.09. The SMILES string of the molecule is O=[N+]([O-])c1cc(-c2cc([N+](=O)[O-])c(OCCCCBr)c([N+](=O)[O-])c2)cc([N+](=O)[O-])c1OCCCCBr. The maximum Gasteiger partial charge on any atom is 0.318 e. The highest BCUT2D eigenvalue weighted by atomic mass is 79.9. The maximum absolute atomic E-state index is 11.7. The van der Waals surface area contributed by atoms with E-state index in [1.165, 1.54) is 0 Å². The van der Waals surface area contributed by atoms with Crippen LogP contribution in [0.1, 0.15) is 25.7 Å². The molecule has 0 radical (unpaired) electrons. The first kappa shape index (κ1) is 28.8. The lowest BCUT2D eigenvalue weighted by atomic mass is 10.0. The Balaban J connectivity index is 2.68. The summed E-state index contributed by atoms with van der Waals surface area (Å²) in [5.74, 6) is -1.14. The van der Waals surface area contributed by atoms with Crippen LogP contribution < -0.4 is 9.47 Å². The van der Waals surface area contributed by atoms with Crippen molar-refractivity contribution in [3.63, 3.8) is 0 Å². The number of hydrogen-bond donors (Lipinski definition) is 0. The van der Waals surface area contributed by atoms with Gasteiger partial charge in [-0.05, 0) is 36.8 Å². The summed E-state index contributed by atoms with van der Waals surface area (Å²) in [4.78, 5) is 43.2. The van der Waals surface area contributed by atoms with E-state index < -0.39 is 53.9 Å². The molecule has 36 heavy (non-hydrogen) atoms. The number of hydrogen-bond acceptors (Lipinski definition) is 10. The van der Waals surface area contributed by atoms with Gasteiger partial charge in [0.15, 0.2) is 0 Å². The number of nitro benzene ring substituents is 4. The maximum atomic E-state index is 11.7. The molecule has 0 N–H and O–H groups in total. The molecule has 2 aromatic rings. The van der Waals surface area contributed by atoms with Crippen LogP contribution in [0.4, 0.5) is 22.7 Å². The zero-order chi connectivity index (χ0) is 26.8. The largest absolute Gasteiger partial charge is 0.482 e. The number of unbranched alkanes of at least 4 members (excludes halogenated alkanes) is 2. The molecule has 0 bridgehead atoms. The third-order valence-corrected chi connectivity index (χ3v) is 5.89. The predicted molar refractivity (Wildman–Crippen MR) is 136 cm³/mol. The van der Waals surface area contributed by atoms with E-state index in [0.717, 1.165) is 24.3 Å². The third kappa shape index (κ3) is 7.30. The van der Waals surface area contributed by atoms with Crippen LogP contribution in [-0.2, 0) is 0 Å². The third-order valence-electron chi connectivity index (χ3n) is 4.77. The van der Waals surface area contributed by atoms with Crippen molar-refractivity contribution in [2.45, 2.75) is 25.7 Å². The Morgan fingerprint density at radius 2 is 0.833 bits per heavy atom. The van der Waals surface area contributed by atoms with Crippen LogP contribution in [0.3, 0.4) is 0 Å². The molecule has 0 unspecified atom stereocenters. The highest BCUT2D eigenvalue weighted by Crippen LogP contribution is 2.45. The van der Waals surface area contributed by atoms with Crippen molar-refractivity contribution >= 4 is 54.6 Å². The predicted octanol–water partition coefficient (Wildman–Crippen LogP) is 6.09. The van der Waals surface area contributed by atoms with E-state index in [-0.39, 0.29) is 24.3 Å². The number of alkyl halides is 2. The van der Waals surface area contributed by atoms with Gasteiger partial charge in [0.2, 0.25) is 0 Å². The average Bonchev–Trinajstić information content (AvgIpc) is 2.83. The van der Waals surface area contributed by atoms with Crippen LogP contribution in [0.15, 0.2) is 24.3 Å². The summed E-state index contributed by atoms with van der Waals surface area (Å²) in [6.07, 6.45) is 2.27. The lowest BCUT2D eigenvalue weighted by molar-refractivity contribution is -0.396. The summed E-state index contributed by atoms with van der Waals surface area (Å²) in [5.41, 5.74) is -3.43. The number of benzene rings is 2. The number of rotatable bonds is 15. The van der Waals surface area contributed by atoms with Crippen LogP contribution in [-0.4, -0.2) is 43.6 Å².